The molecule has 1 saturated heterocycles. The van der Waals surface area contributed by atoms with Gasteiger partial charge in [-0.3, -0.25) is 0 Å². The van der Waals surface area contributed by atoms with E-state index in [0.717, 1.165) is 37.4 Å². The van der Waals surface area contributed by atoms with Crippen LogP contribution >= 0.6 is 0 Å². The Bertz CT molecular complexity index is 544. The van der Waals surface area contributed by atoms with Gasteiger partial charge in [0.1, 0.15) is 6.10 Å². The molecular weight excluding hydrogens is 238 g/mol. The molecule has 0 atom stereocenters. The van der Waals surface area contributed by atoms with Crippen molar-refractivity contribution in [2.45, 2.75) is 25.9 Å². The first-order chi connectivity index (χ1) is 9.31. The highest BCUT2D eigenvalue weighted by atomic mass is 16.5. The van der Waals surface area contributed by atoms with Crippen LogP contribution in [0.2, 0.25) is 0 Å². The third kappa shape index (κ3) is 2.96. The van der Waals surface area contributed by atoms with Crippen molar-refractivity contribution < 1.29 is 4.74 Å². The van der Waals surface area contributed by atoms with Gasteiger partial charge in [0, 0.05) is 0 Å². The molecule has 4 heteroatoms. The third-order valence-electron chi connectivity index (χ3n) is 3.41. The number of aromatic nitrogens is 2. The molecule has 0 saturated carbocycles. The second kappa shape index (κ2) is 5.45. The summed E-state index contributed by atoms with van der Waals surface area (Å²) in [5.41, 5.74) is 2.30. The number of ether oxygens (including phenoxy) is 1. The van der Waals surface area contributed by atoms with Crippen molar-refractivity contribution in [2.75, 3.05) is 13.1 Å². The van der Waals surface area contributed by atoms with E-state index >= 15 is 0 Å². The van der Waals surface area contributed by atoms with Crippen molar-refractivity contribution in [1.82, 2.24) is 15.1 Å². The molecule has 0 amide bonds. The summed E-state index contributed by atoms with van der Waals surface area (Å²) in [4.78, 5) is 0. The summed E-state index contributed by atoms with van der Waals surface area (Å²) in [6.07, 6.45) is 6.20. The molecule has 1 fully saturated rings. The topological polar surface area (TPSA) is 39.1 Å². The third-order valence-corrected chi connectivity index (χ3v) is 3.41. The van der Waals surface area contributed by atoms with Gasteiger partial charge in [0.05, 0.1) is 18.1 Å². The Kier molecular flexibility index (Phi) is 3.51. The lowest BCUT2D eigenvalue weighted by molar-refractivity contribution is 0.162. The number of piperidine rings is 1. The van der Waals surface area contributed by atoms with Gasteiger partial charge >= 0.3 is 0 Å². The molecule has 1 N–H and O–H groups in total. The maximum atomic E-state index is 5.96. The summed E-state index contributed by atoms with van der Waals surface area (Å²) in [5.74, 6) is 0.855. The van der Waals surface area contributed by atoms with Gasteiger partial charge in [-0.25, -0.2) is 4.68 Å². The molecule has 0 aliphatic carbocycles. The molecule has 3 rings (SSSR count). The summed E-state index contributed by atoms with van der Waals surface area (Å²) in [6.45, 7) is 4.16. The Morgan fingerprint density at radius 1 is 1.32 bits per heavy atom. The van der Waals surface area contributed by atoms with Crippen molar-refractivity contribution >= 4 is 0 Å². The summed E-state index contributed by atoms with van der Waals surface area (Å²) >= 11 is 0. The van der Waals surface area contributed by atoms with Crippen LogP contribution in [-0.4, -0.2) is 29.0 Å². The standard InChI is InChI=1S/C15H19N3O/c1-12-3-2-4-13(9-12)18-11-15(10-17-18)19-14-5-7-16-8-6-14/h2-4,9-11,14,16H,5-8H2,1H3. The summed E-state index contributed by atoms with van der Waals surface area (Å²) in [6, 6.07) is 8.29. The van der Waals surface area contributed by atoms with E-state index in [1.54, 1.807) is 6.20 Å². The molecule has 2 heterocycles. The highest BCUT2D eigenvalue weighted by Crippen LogP contribution is 2.18. The van der Waals surface area contributed by atoms with Crippen molar-refractivity contribution in [1.29, 1.82) is 0 Å². The average Bonchev–Trinajstić information content (AvgIpc) is 2.88. The Morgan fingerprint density at radius 2 is 2.16 bits per heavy atom. The van der Waals surface area contributed by atoms with Crippen molar-refractivity contribution in [3.05, 3.63) is 42.2 Å². The van der Waals surface area contributed by atoms with E-state index in [-0.39, 0.29) is 0 Å². The first-order valence-electron chi connectivity index (χ1n) is 6.80. The zero-order chi connectivity index (χ0) is 13.1. The molecule has 0 unspecified atom stereocenters. The quantitative estimate of drug-likeness (QED) is 0.917. The van der Waals surface area contributed by atoms with E-state index in [9.17, 15) is 0 Å². The summed E-state index contributed by atoms with van der Waals surface area (Å²) in [5, 5.41) is 7.71. The first-order valence-corrected chi connectivity index (χ1v) is 6.80. The first kappa shape index (κ1) is 12.2. The molecule has 4 nitrogen and oxygen atoms in total. The lowest BCUT2D eigenvalue weighted by atomic mass is 10.1. The monoisotopic (exact) mass is 257 g/mol. The van der Waals surface area contributed by atoms with Crippen molar-refractivity contribution in [2.24, 2.45) is 0 Å². The molecular formula is C15H19N3O. The van der Waals surface area contributed by atoms with Gasteiger partial charge in [0.2, 0.25) is 0 Å². The fourth-order valence-corrected chi connectivity index (χ4v) is 2.38. The second-order valence-electron chi connectivity index (χ2n) is 5.03. The van der Waals surface area contributed by atoms with Crippen LogP contribution in [0.4, 0.5) is 0 Å². The maximum absolute atomic E-state index is 5.96. The van der Waals surface area contributed by atoms with Gasteiger partial charge in [-0.2, -0.15) is 5.10 Å². The minimum atomic E-state index is 0.316. The van der Waals surface area contributed by atoms with Gasteiger partial charge in [-0.05, 0) is 50.6 Å². The Labute approximate surface area is 113 Å². The normalized spacial score (nSPS) is 16.5. The predicted octanol–water partition coefficient (Wildman–Crippen LogP) is 2.31. The highest BCUT2D eigenvalue weighted by Gasteiger charge is 2.15. The molecule has 1 aromatic carbocycles. The largest absolute Gasteiger partial charge is 0.487 e. The Morgan fingerprint density at radius 3 is 2.95 bits per heavy atom. The zero-order valence-corrected chi connectivity index (χ0v) is 11.2. The van der Waals surface area contributed by atoms with Crippen LogP contribution in [0.15, 0.2) is 36.7 Å². The fourth-order valence-electron chi connectivity index (χ4n) is 2.38. The molecule has 100 valence electrons. The maximum Gasteiger partial charge on any atom is 0.158 e. The molecule has 19 heavy (non-hydrogen) atoms. The summed E-state index contributed by atoms with van der Waals surface area (Å²) < 4.78 is 7.83. The van der Waals surface area contributed by atoms with Gasteiger partial charge in [0.25, 0.3) is 0 Å². The van der Waals surface area contributed by atoms with Gasteiger partial charge < -0.3 is 10.1 Å². The molecule has 0 radical (unpaired) electrons. The average molecular weight is 257 g/mol. The molecule has 1 aliphatic rings. The van der Waals surface area contributed by atoms with Crippen LogP contribution < -0.4 is 10.1 Å². The van der Waals surface area contributed by atoms with E-state index in [2.05, 4.69) is 29.5 Å². The second-order valence-corrected chi connectivity index (χ2v) is 5.03. The van der Waals surface area contributed by atoms with E-state index < -0.39 is 0 Å². The highest BCUT2D eigenvalue weighted by molar-refractivity contribution is 5.35. The van der Waals surface area contributed by atoms with Gasteiger partial charge in [0.15, 0.2) is 5.75 Å². The van der Waals surface area contributed by atoms with Crippen LogP contribution in [0, 0.1) is 6.92 Å². The molecule has 1 aliphatic heterocycles. The fraction of sp³-hybridized carbons (Fsp3) is 0.400. The minimum absolute atomic E-state index is 0.316. The molecule has 0 bridgehead atoms. The Hall–Kier alpha value is -1.81. The van der Waals surface area contributed by atoms with Crippen molar-refractivity contribution in [3.8, 4) is 11.4 Å². The van der Waals surface area contributed by atoms with Crippen molar-refractivity contribution in [3.63, 3.8) is 0 Å². The van der Waals surface area contributed by atoms with Crippen LogP contribution in [0.25, 0.3) is 5.69 Å². The lowest BCUT2D eigenvalue weighted by Crippen LogP contribution is -2.34. The zero-order valence-electron chi connectivity index (χ0n) is 11.2. The molecule has 1 aromatic heterocycles. The summed E-state index contributed by atoms with van der Waals surface area (Å²) in [7, 11) is 0. The smallest absolute Gasteiger partial charge is 0.158 e. The molecule has 2 aromatic rings. The van der Waals surface area contributed by atoms with Crippen LogP contribution in [0.3, 0.4) is 0 Å². The van der Waals surface area contributed by atoms with Crippen LogP contribution in [0.5, 0.6) is 5.75 Å². The minimum Gasteiger partial charge on any atom is -0.487 e. The number of nitrogens with one attached hydrogen (secondary N) is 1. The van der Waals surface area contributed by atoms with E-state index in [1.165, 1.54) is 5.56 Å². The number of rotatable bonds is 3. The van der Waals surface area contributed by atoms with Gasteiger partial charge in [-0.1, -0.05) is 12.1 Å². The number of hydrogen-bond acceptors (Lipinski definition) is 3. The number of aryl methyl sites for hydroxylation is 1. The van der Waals surface area contributed by atoms with E-state index in [1.807, 2.05) is 23.0 Å². The van der Waals surface area contributed by atoms with Gasteiger partial charge in [-0.15, -0.1) is 0 Å². The number of hydrogen-bond donors (Lipinski definition) is 1. The van der Waals surface area contributed by atoms with Crippen LogP contribution in [0.1, 0.15) is 18.4 Å². The lowest BCUT2D eigenvalue weighted by Gasteiger charge is -2.22. The van der Waals surface area contributed by atoms with E-state index in [4.69, 9.17) is 4.74 Å². The number of benzene rings is 1. The number of nitrogens with zero attached hydrogens (tertiary/aromatic N) is 2. The van der Waals surface area contributed by atoms with Crippen LogP contribution in [-0.2, 0) is 0 Å². The predicted molar refractivity (Wildman–Crippen MR) is 74.8 cm³/mol. The SMILES string of the molecule is Cc1cccc(-n2cc(OC3CCNCC3)cn2)c1. The molecule has 0 spiro atoms. The van der Waals surface area contributed by atoms with E-state index in [0.29, 0.717) is 6.10 Å². The Balaban J connectivity index is 1.72.